The van der Waals surface area contributed by atoms with Gasteiger partial charge in [-0.05, 0) is 62.1 Å². The molecule has 1 atom stereocenters. The van der Waals surface area contributed by atoms with Crippen LogP contribution < -0.4 is 15.0 Å². The Morgan fingerprint density at radius 1 is 1.06 bits per heavy atom. The van der Waals surface area contributed by atoms with Crippen molar-refractivity contribution in [2.75, 3.05) is 29.9 Å². The van der Waals surface area contributed by atoms with Crippen molar-refractivity contribution in [3.05, 3.63) is 60.8 Å². The van der Waals surface area contributed by atoms with Crippen LogP contribution in [0.3, 0.4) is 0 Å². The molecule has 1 fully saturated rings. The van der Waals surface area contributed by atoms with Gasteiger partial charge < -0.3 is 15.0 Å². The maximum absolute atomic E-state index is 5.57. The monoisotopic (exact) mass is 428 g/mol. The van der Waals surface area contributed by atoms with Crippen molar-refractivity contribution in [2.24, 2.45) is 5.92 Å². The van der Waals surface area contributed by atoms with Crippen LogP contribution in [0.2, 0.25) is 0 Å². The third kappa shape index (κ3) is 4.10. The molecule has 5 rings (SSSR count). The van der Waals surface area contributed by atoms with Crippen LogP contribution in [0.1, 0.15) is 26.7 Å². The molecule has 1 N–H and O–H groups in total. The highest BCUT2D eigenvalue weighted by Crippen LogP contribution is 2.30. The number of nitrogens with one attached hydrogen (secondary N) is 1. The normalized spacial score (nSPS) is 16.3. The van der Waals surface area contributed by atoms with Crippen molar-refractivity contribution < 1.29 is 4.74 Å². The van der Waals surface area contributed by atoms with Gasteiger partial charge in [0.25, 0.3) is 0 Å². The second-order valence-electron chi connectivity index (χ2n) is 8.28. The molecule has 0 saturated carbocycles. The molecule has 0 spiro atoms. The Kier molecular flexibility index (Phi) is 5.62. The average molecular weight is 429 g/mol. The summed E-state index contributed by atoms with van der Waals surface area (Å²) in [5.74, 6) is 2.99. The van der Waals surface area contributed by atoms with Gasteiger partial charge in [0.15, 0.2) is 5.65 Å². The number of hydrogen-bond donors (Lipinski definition) is 1. The number of hydrogen-bond acceptors (Lipinski definition) is 6. The highest BCUT2D eigenvalue weighted by Gasteiger charge is 2.22. The number of piperidine rings is 1. The van der Waals surface area contributed by atoms with Crippen LogP contribution >= 0.6 is 0 Å². The molecule has 1 saturated heterocycles. The lowest BCUT2D eigenvalue weighted by Crippen LogP contribution is -2.35. The highest BCUT2D eigenvalue weighted by atomic mass is 16.5. The number of ether oxygens (including phenoxy) is 1. The Hall–Kier alpha value is -3.61. The van der Waals surface area contributed by atoms with E-state index >= 15 is 0 Å². The summed E-state index contributed by atoms with van der Waals surface area (Å²) in [6, 6.07) is 18.0. The fourth-order valence-electron chi connectivity index (χ4n) is 4.20. The Labute approximate surface area is 188 Å². The van der Waals surface area contributed by atoms with Gasteiger partial charge in [-0.25, -0.2) is 4.68 Å². The van der Waals surface area contributed by atoms with E-state index in [9.17, 15) is 0 Å². The van der Waals surface area contributed by atoms with Crippen molar-refractivity contribution in [1.29, 1.82) is 0 Å². The maximum atomic E-state index is 5.57. The van der Waals surface area contributed by atoms with E-state index in [1.807, 2.05) is 72.4 Å². The zero-order valence-electron chi connectivity index (χ0n) is 18.5. The minimum Gasteiger partial charge on any atom is -0.494 e. The molecule has 0 unspecified atom stereocenters. The molecule has 0 amide bonds. The van der Waals surface area contributed by atoms with E-state index in [1.54, 1.807) is 0 Å². The van der Waals surface area contributed by atoms with Crippen LogP contribution in [0.5, 0.6) is 5.75 Å². The third-order valence-electron chi connectivity index (χ3n) is 5.79. The lowest BCUT2D eigenvalue weighted by Gasteiger charge is -2.31. The highest BCUT2D eigenvalue weighted by molar-refractivity contribution is 5.90. The van der Waals surface area contributed by atoms with E-state index in [-0.39, 0.29) is 0 Å². The molecular weight excluding hydrogens is 400 g/mol. The van der Waals surface area contributed by atoms with E-state index in [1.165, 1.54) is 6.42 Å². The molecule has 1 aliphatic rings. The zero-order chi connectivity index (χ0) is 21.9. The quantitative estimate of drug-likeness (QED) is 0.456. The van der Waals surface area contributed by atoms with Gasteiger partial charge in [0, 0.05) is 18.8 Å². The second-order valence-corrected chi connectivity index (χ2v) is 8.28. The first-order valence-electron chi connectivity index (χ1n) is 11.3. The molecule has 2 aromatic heterocycles. The Balaban J connectivity index is 1.58. The summed E-state index contributed by atoms with van der Waals surface area (Å²) >= 11 is 0. The van der Waals surface area contributed by atoms with Crippen molar-refractivity contribution >= 4 is 28.5 Å². The Bertz CT molecular complexity index is 1190. The molecule has 0 aliphatic carbocycles. The number of nitrogens with zero attached hydrogens (tertiary/aromatic N) is 5. The Morgan fingerprint density at radius 3 is 2.62 bits per heavy atom. The summed E-state index contributed by atoms with van der Waals surface area (Å²) in [5, 5.41) is 9.01. The van der Waals surface area contributed by atoms with Crippen LogP contribution in [-0.4, -0.2) is 39.4 Å². The van der Waals surface area contributed by atoms with Gasteiger partial charge in [-0.1, -0.05) is 25.1 Å². The van der Waals surface area contributed by atoms with Crippen molar-refractivity contribution in [1.82, 2.24) is 19.7 Å². The van der Waals surface area contributed by atoms with Crippen molar-refractivity contribution in [3.8, 4) is 11.4 Å². The maximum Gasteiger partial charge on any atom is 0.229 e. The van der Waals surface area contributed by atoms with Crippen LogP contribution in [0.15, 0.2) is 60.8 Å². The summed E-state index contributed by atoms with van der Waals surface area (Å²) < 4.78 is 7.45. The summed E-state index contributed by atoms with van der Waals surface area (Å²) in [6.45, 7) is 6.86. The summed E-state index contributed by atoms with van der Waals surface area (Å²) in [7, 11) is 0. The molecule has 1 aliphatic heterocycles. The molecule has 164 valence electrons. The van der Waals surface area contributed by atoms with Crippen molar-refractivity contribution in [3.63, 3.8) is 0 Å². The van der Waals surface area contributed by atoms with Gasteiger partial charge in [-0.2, -0.15) is 15.1 Å². The van der Waals surface area contributed by atoms with Crippen LogP contribution in [0, 0.1) is 5.92 Å². The van der Waals surface area contributed by atoms with E-state index in [4.69, 9.17) is 14.7 Å². The first-order chi connectivity index (χ1) is 15.7. The first-order valence-corrected chi connectivity index (χ1v) is 11.3. The van der Waals surface area contributed by atoms with Gasteiger partial charge in [-0.15, -0.1) is 0 Å². The topological polar surface area (TPSA) is 68.1 Å². The molecule has 0 radical (unpaired) electrons. The van der Waals surface area contributed by atoms with E-state index in [0.29, 0.717) is 12.5 Å². The van der Waals surface area contributed by atoms with Crippen LogP contribution in [-0.2, 0) is 0 Å². The zero-order valence-corrected chi connectivity index (χ0v) is 18.5. The predicted molar refractivity (Wildman–Crippen MR) is 128 cm³/mol. The minimum atomic E-state index is 0.629. The first kappa shape index (κ1) is 20.3. The summed E-state index contributed by atoms with van der Waals surface area (Å²) in [5.41, 5.74) is 2.72. The number of fused-ring (bicyclic) bond motifs is 1. The van der Waals surface area contributed by atoms with Crippen LogP contribution in [0.25, 0.3) is 16.7 Å². The lowest BCUT2D eigenvalue weighted by atomic mass is 10.0. The second kappa shape index (κ2) is 8.86. The van der Waals surface area contributed by atoms with Gasteiger partial charge in [-0.3, -0.25) is 0 Å². The van der Waals surface area contributed by atoms with Crippen LogP contribution in [0.4, 0.5) is 17.5 Å². The van der Waals surface area contributed by atoms with Gasteiger partial charge >= 0.3 is 0 Å². The molecular formula is C25H28N6O. The Morgan fingerprint density at radius 2 is 1.88 bits per heavy atom. The van der Waals surface area contributed by atoms with E-state index in [0.717, 1.165) is 59.4 Å². The van der Waals surface area contributed by atoms with E-state index in [2.05, 4.69) is 22.2 Å². The number of rotatable bonds is 6. The molecule has 4 aromatic rings. The fraction of sp³-hybridized carbons (Fsp3) is 0.320. The average Bonchev–Trinajstić information content (AvgIpc) is 3.25. The summed E-state index contributed by atoms with van der Waals surface area (Å²) in [6.07, 6.45) is 4.24. The van der Waals surface area contributed by atoms with Gasteiger partial charge in [0.05, 0.1) is 23.9 Å². The number of benzene rings is 2. The SMILES string of the molecule is CCOc1ccc(Nc2nc(N3CCC[C@@H](C)C3)nc3c2cnn3-c2ccccc2)cc1. The van der Waals surface area contributed by atoms with E-state index < -0.39 is 0 Å². The molecule has 7 nitrogen and oxygen atoms in total. The number of aromatic nitrogens is 4. The summed E-state index contributed by atoms with van der Waals surface area (Å²) in [4.78, 5) is 12.2. The molecule has 3 heterocycles. The molecule has 2 aromatic carbocycles. The predicted octanol–water partition coefficient (Wildman–Crippen LogP) is 5.19. The van der Waals surface area contributed by atoms with Crippen molar-refractivity contribution in [2.45, 2.75) is 26.7 Å². The van der Waals surface area contributed by atoms with Gasteiger partial charge in [0.1, 0.15) is 11.6 Å². The number of anilines is 3. The minimum absolute atomic E-state index is 0.629. The smallest absolute Gasteiger partial charge is 0.229 e. The lowest BCUT2D eigenvalue weighted by molar-refractivity contribution is 0.340. The third-order valence-corrected chi connectivity index (χ3v) is 5.79. The standard InChI is InChI=1S/C25H28N6O/c1-3-32-21-13-11-19(12-14-21)27-23-22-16-26-31(20-9-5-4-6-10-20)24(22)29-25(28-23)30-15-7-8-18(2)17-30/h4-6,9-14,16,18H,3,7-8,15,17H2,1-2H3,(H,27,28,29)/t18-/m1/s1. The number of para-hydroxylation sites is 1. The fourth-order valence-corrected chi connectivity index (χ4v) is 4.20. The molecule has 0 bridgehead atoms. The van der Waals surface area contributed by atoms with Gasteiger partial charge in [0.2, 0.25) is 5.95 Å². The largest absolute Gasteiger partial charge is 0.494 e. The molecule has 32 heavy (non-hydrogen) atoms. The molecule has 7 heteroatoms.